The maximum atomic E-state index is 12.8. The van der Waals surface area contributed by atoms with E-state index in [1.54, 1.807) is 0 Å². The molecule has 0 aliphatic rings. The van der Waals surface area contributed by atoms with Gasteiger partial charge in [0.15, 0.2) is 0 Å². The number of anilines is 1. The average molecular weight is 247 g/mol. The van der Waals surface area contributed by atoms with E-state index >= 15 is 0 Å². The van der Waals surface area contributed by atoms with E-state index in [1.165, 1.54) is 21.0 Å². The van der Waals surface area contributed by atoms with Gasteiger partial charge in [0.2, 0.25) is 0 Å². The smallest absolute Gasteiger partial charge is 0.372 e. The highest BCUT2D eigenvalue weighted by atomic mass is 19.4. The minimum absolute atomic E-state index is 0.0864. The lowest BCUT2D eigenvalue weighted by atomic mass is 10.1. The zero-order chi connectivity index (χ0) is 13.2. The number of carbonyl (C=O) groups excluding carboxylic acids is 1. The third-order valence-electron chi connectivity index (χ3n) is 2.14. The number of aromatic nitrogens is 1. The summed E-state index contributed by atoms with van der Waals surface area (Å²) in [7, 11) is 2.68. The molecule has 4 nitrogen and oxygen atoms in total. The summed E-state index contributed by atoms with van der Waals surface area (Å²) >= 11 is 0. The van der Waals surface area contributed by atoms with Crippen molar-refractivity contribution in [1.29, 1.82) is 0 Å². The van der Waals surface area contributed by atoms with Crippen LogP contribution >= 0.6 is 0 Å². The number of aryl methyl sites for hydroxylation is 1. The molecule has 94 valence electrons. The Kier molecular flexibility index (Phi) is 3.59. The van der Waals surface area contributed by atoms with Crippen molar-refractivity contribution in [2.75, 3.05) is 19.4 Å². The molecule has 0 saturated carbocycles. The Bertz CT molecular complexity index is 443. The van der Waals surface area contributed by atoms with Crippen LogP contribution in [0.2, 0.25) is 0 Å². The molecule has 1 heterocycles. The third-order valence-corrected chi connectivity index (χ3v) is 2.14. The predicted molar refractivity (Wildman–Crippen MR) is 56.9 cm³/mol. The number of amides is 1. The molecule has 1 amide bonds. The van der Waals surface area contributed by atoms with Gasteiger partial charge in [-0.25, -0.2) is 4.98 Å². The van der Waals surface area contributed by atoms with E-state index in [9.17, 15) is 18.0 Å². The summed E-state index contributed by atoms with van der Waals surface area (Å²) in [5, 5.41) is 4.66. The molecule has 0 aliphatic carbocycles. The highest BCUT2D eigenvalue weighted by molar-refractivity contribution is 6.00. The molecule has 0 unspecified atom stereocenters. The summed E-state index contributed by atoms with van der Waals surface area (Å²) in [6, 6.07) is 0.853. The van der Waals surface area contributed by atoms with Gasteiger partial charge in [0.25, 0.3) is 5.91 Å². The van der Waals surface area contributed by atoms with Gasteiger partial charge in [-0.3, -0.25) is 4.79 Å². The number of nitrogens with one attached hydrogen (secondary N) is 2. The molecule has 1 aromatic heterocycles. The molecule has 0 fully saturated rings. The number of rotatable bonds is 2. The normalized spacial score (nSPS) is 11.2. The van der Waals surface area contributed by atoms with Crippen molar-refractivity contribution in [1.82, 2.24) is 10.3 Å². The minimum Gasteiger partial charge on any atom is -0.372 e. The zero-order valence-corrected chi connectivity index (χ0v) is 9.57. The first-order valence-corrected chi connectivity index (χ1v) is 4.80. The number of carbonyl (C=O) groups is 1. The van der Waals surface area contributed by atoms with Gasteiger partial charge in [-0.1, -0.05) is 0 Å². The van der Waals surface area contributed by atoms with Gasteiger partial charge in [0.05, 0.1) is 11.1 Å². The van der Waals surface area contributed by atoms with Gasteiger partial charge in [-0.05, 0) is 13.0 Å². The summed E-state index contributed by atoms with van der Waals surface area (Å²) in [6.45, 7) is 1.43. The Labute approximate surface area is 96.2 Å². The summed E-state index contributed by atoms with van der Waals surface area (Å²) in [4.78, 5) is 15.3. The predicted octanol–water partition coefficient (Wildman–Crippen LogP) is 1.81. The van der Waals surface area contributed by atoms with Crippen LogP contribution in [0.1, 0.15) is 21.6 Å². The fourth-order valence-electron chi connectivity index (χ4n) is 1.43. The lowest BCUT2D eigenvalue weighted by molar-refractivity contribution is -0.138. The Hall–Kier alpha value is -1.79. The summed E-state index contributed by atoms with van der Waals surface area (Å²) in [5.74, 6) is -0.911. The van der Waals surface area contributed by atoms with Crippen LogP contribution in [0.4, 0.5) is 19.0 Å². The van der Waals surface area contributed by atoms with Crippen LogP contribution in [0.15, 0.2) is 6.07 Å². The Morgan fingerprint density at radius 1 is 1.35 bits per heavy atom. The second kappa shape index (κ2) is 4.60. The lowest BCUT2D eigenvalue weighted by Gasteiger charge is -2.15. The van der Waals surface area contributed by atoms with Crippen molar-refractivity contribution in [2.24, 2.45) is 0 Å². The van der Waals surface area contributed by atoms with Gasteiger partial charge < -0.3 is 10.6 Å². The maximum Gasteiger partial charge on any atom is 0.417 e. The van der Waals surface area contributed by atoms with Crippen LogP contribution in [-0.4, -0.2) is 25.0 Å². The molecule has 1 rings (SSSR count). The van der Waals surface area contributed by atoms with Crippen LogP contribution in [0.25, 0.3) is 0 Å². The van der Waals surface area contributed by atoms with Gasteiger partial charge in [0, 0.05) is 19.8 Å². The number of nitrogens with zero attached hydrogens (tertiary/aromatic N) is 1. The minimum atomic E-state index is -4.60. The third kappa shape index (κ3) is 2.66. The highest BCUT2D eigenvalue weighted by Gasteiger charge is 2.37. The molecule has 0 bridgehead atoms. The van der Waals surface area contributed by atoms with Gasteiger partial charge in [-0.15, -0.1) is 0 Å². The molecule has 7 heteroatoms. The second-order valence-electron chi connectivity index (χ2n) is 3.36. The quantitative estimate of drug-likeness (QED) is 0.838. The van der Waals surface area contributed by atoms with Crippen molar-refractivity contribution >= 4 is 11.7 Å². The standard InChI is InChI=1S/C10H12F3N3O/c1-5-4-6(10(11,12)13)7(9(17)15-3)8(14-2)16-5/h4H,1-3H3,(H,14,16)(H,15,17). The highest BCUT2D eigenvalue weighted by Crippen LogP contribution is 2.34. The fraction of sp³-hybridized carbons (Fsp3) is 0.400. The number of pyridine rings is 1. The lowest BCUT2D eigenvalue weighted by Crippen LogP contribution is -2.25. The van der Waals surface area contributed by atoms with Crippen molar-refractivity contribution in [3.8, 4) is 0 Å². The first-order chi connectivity index (χ1) is 7.81. The molecule has 0 radical (unpaired) electrons. The summed E-state index contributed by atoms with van der Waals surface area (Å²) < 4.78 is 38.4. The molecule has 0 aliphatic heterocycles. The molecule has 2 N–H and O–H groups in total. The fourth-order valence-corrected chi connectivity index (χ4v) is 1.43. The molecule has 17 heavy (non-hydrogen) atoms. The Balaban J connectivity index is 3.56. The average Bonchev–Trinajstić information content (AvgIpc) is 2.25. The Morgan fingerprint density at radius 2 is 1.94 bits per heavy atom. The topological polar surface area (TPSA) is 54.0 Å². The van der Waals surface area contributed by atoms with E-state index in [-0.39, 0.29) is 11.5 Å². The molecular formula is C10H12F3N3O. The van der Waals surface area contributed by atoms with Crippen molar-refractivity contribution in [3.05, 3.63) is 22.9 Å². The molecule has 0 spiro atoms. The van der Waals surface area contributed by atoms with E-state index in [0.29, 0.717) is 0 Å². The van der Waals surface area contributed by atoms with E-state index in [2.05, 4.69) is 15.6 Å². The largest absolute Gasteiger partial charge is 0.417 e. The molecular weight excluding hydrogens is 235 g/mol. The van der Waals surface area contributed by atoms with Crippen LogP contribution in [-0.2, 0) is 6.18 Å². The van der Waals surface area contributed by atoms with Gasteiger partial charge in [0.1, 0.15) is 5.82 Å². The first-order valence-electron chi connectivity index (χ1n) is 4.80. The van der Waals surface area contributed by atoms with E-state index in [0.717, 1.165) is 6.07 Å². The van der Waals surface area contributed by atoms with Crippen molar-refractivity contribution in [2.45, 2.75) is 13.1 Å². The van der Waals surface area contributed by atoms with E-state index < -0.39 is 23.2 Å². The van der Waals surface area contributed by atoms with Crippen LogP contribution in [0, 0.1) is 6.92 Å². The van der Waals surface area contributed by atoms with Crippen LogP contribution < -0.4 is 10.6 Å². The molecule has 1 aromatic rings. The van der Waals surface area contributed by atoms with Crippen LogP contribution in [0.3, 0.4) is 0 Å². The zero-order valence-electron chi connectivity index (χ0n) is 9.57. The van der Waals surface area contributed by atoms with Crippen molar-refractivity contribution in [3.63, 3.8) is 0 Å². The monoisotopic (exact) mass is 247 g/mol. The number of halogens is 3. The summed E-state index contributed by atoms with van der Waals surface area (Å²) in [6.07, 6.45) is -4.60. The Morgan fingerprint density at radius 3 is 2.35 bits per heavy atom. The maximum absolute atomic E-state index is 12.8. The van der Waals surface area contributed by atoms with Crippen LogP contribution in [0.5, 0.6) is 0 Å². The second-order valence-corrected chi connectivity index (χ2v) is 3.36. The van der Waals surface area contributed by atoms with Gasteiger partial charge in [-0.2, -0.15) is 13.2 Å². The molecule has 0 atom stereocenters. The first kappa shape index (κ1) is 13.3. The molecule has 0 aromatic carbocycles. The SMILES string of the molecule is CNC(=O)c1c(C(F)(F)F)cc(C)nc1NC. The molecule has 0 saturated heterocycles. The number of alkyl halides is 3. The van der Waals surface area contributed by atoms with Crippen molar-refractivity contribution < 1.29 is 18.0 Å². The van der Waals surface area contributed by atoms with Gasteiger partial charge >= 0.3 is 6.18 Å². The van der Waals surface area contributed by atoms with E-state index in [4.69, 9.17) is 0 Å². The summed E-state index contributed by atoms with van der Waals surface area (Å²) in [5.41, 5.74) is -1.30. The number of hydrogen-bond acceptors (Lipinski definition) is 3. The number of hydrogen-bond donors (Lipinski definition) is 2. The van der Waals surface area contributed by atoms with E-state index in [1.807, 2.05) is 0 Å².